The SMILES string of the molecule is CC(C)(C)n1c(CN)nnc1C1CCCC(C(F)(F)F)C1. The molecule has 1 heterocycles. The van der Waals surface area contributed by atoms with Crippen molar-refractivity contribution in [3.8, 4) is 0 Å². The van der Waals surface area contributed by atoms with Gasteiger partial charge in [0.1, 0.15) is 11.6 Å². The van der Waals surface area contributed by atoms with Gasteiger partial charge in [-0.1, -0.05) is 6.42 Å². The van der Waals surface area contributed by atoms with Gasteiger partial charge in [-0.2, -0.15) is 13.2 Å². The fourth-order valence-electron chi connectivity index (χ4n) is 3.18. The first kappa shape index (κ1) is 16.3. The van der Waals surface area contributed by atoms with E-state index >= 15 is 0 Å². The minimum atomic E-state index is -4.12. The first-order chi connectivity index (χ1) is 9.64. The molecular formula is C14H23F3N4. The molecule has 1 aromatic rings. The lowest BCUT2D eigenvalue weighted by molar-refractivity contribution is -0.183. The zero-order chi connectivity index (χ0) is 15.8. The number of halogens is 3. The van der Waals surface area contributed by atoms with Crippen LogP contribution < -0.4 is 5.73 Å². The lowest BCUT2D eigenvalue weighted by atomic mass is 9.80. The maximum atomic E-state index is 13.0. The normalized spacial score (nSPS) is 24.3. The number of rotatable bonds is 2. The van der Waals surface area contributed by atoms with Gasteiger partial charge in [0.25, 0.3) is 0 Å². The van der Waals surface area contributed by atoms with Crippen molar-refractivity contribution in [1.29, 1.82) is 0 Å². The maximum absolute atomic E-state index is 13.0. The number of hydrogen-bond donors (Lipinski definition) is 1. The van der Waals surface area contributed by atoms with E-state index in [-0.39, 0.29) is 30.8 Å². The average molecular weight is 304 g/mol. The van der Waals surface area contributed by atoms with Crippen LogP contribution in [0.25, 0.3) is 0 Å². The average Bonchev–Trinajstić information content (AvgIpc) is 2.81. The largest absolute Gasteiger partial charge is 0.391 e. The molecule has 0 spiro atoms. The van der Waals surface area contributed by atoms with E-state index in [2.05, 4.69) is 10.2 Å². The highest BCUT2D eigenvalue weighted by Crippen LogP contribution is 2.43. The van der Waals surface area contributed by atoms with Crippen LogP contribution in [-0.2, 0) is 12.1 Å². The molecule has 21 heavy (non-hydrogen) atoms. The number of nitrogens with two attached hydrogens (primary N) is 1. The molecule has 0 radical (unpaired) electrons. The molecule has 2 atom stereocenters. The van der Waals surface area contributed by atoms with E-state index in [9.17, 15) is 13.2 Å². The van der Waals surface area contributed by atoms with Crippen molar-refractivity contribution < 1.29 is 13.2 Å². The third-order valence-corrected chi connectivity index (χ3v) is 4.11. The van der Waals surface area contributed by atoms with Gasteiger partial charge in [0.05, 0.1) is 12.5 Å². The molecule has 2 unspecified atom stereocenters. The first-order valence-electron chi connectivity index (χ1n) is 7.36. The lowest BCUT2D eigenvalue weighted by Crippen LogP contribution is -2.32. The Morgan fingerprint density at radius 2 is 1.86 bits per heavy atom. The van der Waals surface area contributed by atoms with Gasteiger partial charge in [-0.25, -0.2) is 0 Å². The highest BCUT2D eigenvalue weighted by molar-refractivity contribution is 5.08. The van der Waals surface area contributed by atoms with E-state index in [1.165, 1.54) is 0 Å². The fraction of sp³-hybridized carbons (Fsp3) is 0.857. The van der Waals surface area contributed by atoms with Crippen LogP contribution in [-0.4, -0.2) is 20.9 Å². The summed E-state index contributed by atoms with van der Waals surface area (Å²) >= 11 is 0. The third-order valence-electron chi connectivity index (χ3n) is 4.11. The summed E-state index contributed by atoms with van der Waals surface area (Å²) in [7, 11) is 0. The Hall–Kier alpha value is -1.11. The van der Waals surface area contributed by atoms with Gasteiger partial charge in [-0.05, 0) is 40.0 Å². The van der Waals surface area contributed by atoms with Crippen molar-refractivity contribution in [2.75, 3.05) is 0 Å². The van der Waals surface area contributed by atoms with E-state index in [4.69, 9.17) is 5.73 Å². The Balaban J connectivity index is 2.32. The molecule has 0 saturated heterocycles. The van der Waals surface area contributed by atoms with Gasteiger partial charge in [0.15, 0.2) is 0 Å². The smallest absolute Gasteiger partial charge is 0.324 e. The molecule has 1 fully saturated rings. The Bertz CT molecular complexity index is 487. The zero-order valence-electron chi connectivity index (χ0n) is 12.7. The summed E-state index contributed by atoms with van der Waals surface area (Å²) in [6, 6.07) is 0. The van der Waals surface area contributed by atoms with Gasteiger partial charge in [0.2, 0.25) is 0 Å². The molecule has 120 valence electrons. The second kappa shape index (κ2) is 5.59. The highest BCUT2D eigenvalue weighted by Gasteiger charge is 2.43. The van der Waals surface area contributed by atoms with Crippen LogP contribution in [0.1, 0.15) is 64.0 Å². The maximum Gasteiger partial charge on any atom is 0.391 e. The van der Waals surface area contributed by atoms with Crippen LogP contribution in [0.15, 0.2) is 0 Å². The molecule has 1 saturated carbocycles. The number of nitrogens with zero attached hydrogens (tertiary/aromatic N) is 3. The Kier molecular flexibility index (Phi) is 4.33. The summed E-state index contributed by atoms with van der Waals surface area (Å²) in [5.74, 6) is -0.149. The number of hydrogen-bond acceptors (Lipinski definition) is 3. The van der Waals surface area contributed by atoms with Gasteiger partial charge in [-0.3, -0.25) is 0 Å². The van der Waals surface area contributed by atoms with Crippen LogP contribution >= 0.6 is 0 Å². The van der Waals surface area contributed by atoms with Gasteiger partial charge in [0, 0.05) is 11.5 Å². The van der Waals surface area contributed by atoms with Crippen molar-refractivity contribution >= 4 is 0 Å². The van der Waals surface area contributed by atoms with Crippen LogP contribution in [0.5, 0.6) is 0 Å². The van der Waals surface area contributed by atoms with E-state index in [0.29, 0.717) is 18.1 Å². The second-order valence-electron chi connectivity index (χ2n) is 6.79. The van der Waals surface area contributed by atoms with Gasteiger partial charge in [-0.15, -0.1) is 10.2 Å². The molecule has 0 amide bonds. The zero-order valence-corrected chi connectivity index (χ0v) is 12.7. The molecule has 1 aliphatic rings. The van der Waals surface area contributed by atoms with E-state index in [1.807, 2.05) is 25.3 Å². The topological polar surface area (TPSA) is 56.7 Å². The Morgan fingerprint density at radius 1 is 1.19 bits per heavy atom. The summed E-state index contributed by atoms with van der Waals surface area (Å²) in [5.41, 5.74) is 5.39. The fourth-order valence-corrected chi connectivity index (χ4v) is 3.18. The van der Waals surface area contributed by atoms with Crippen LogP contribution in [0.3, 0.4) is 0 Å². The van der Waals surface area contributed by atoms with Crippen LogP contribution in [0.2, 0.25) is 0 Å². The van der Waals surface area contributed by atoms with E-state index in [1.54, 1.807) is 0 Å². The standard InChI is InChI=1S/C14H23F3N4/c1-13(2,3)21-11(8-18)19-20-12(21)9-5-4-6-10(7-9)14(15,16)17/h9-10H,4-8,18H2,1-3H3. The monoisotopic (exact) mass is 304 g/mol. The number of aromatic nitrogens is 3. The second-order valence-corrected chi connectivity index (χ2v) is 6.79. The molecule has 4 nitrogen and oxygen atoms in total. The third kappa shape index (κ3) is 3.39. The molecule has 0 aliphatic heterocycles. The van der Waals surface area contributed by atoms with E-state index in [0.717, 1.165) is 6.42 Å². The highest BCUT2D eigenvalue weighted by atomic mass is 19.4. The minimum Gasteiger partial charge on any atom is -0.324 e. The van der Waals surface area contributed by atoms with Gasteiger partial charge >= 0.3 is 6.18 Å². The lowest BCUT2D eigenvalue weighted by Gasteiger charge is -2.33. The molecule has 2 rings (SSSR count). The summed E-state index contributed by atoms with van der Waals surface area (Å²) in [5, 5.41) is 8.23. The van der Waals surface area contributed by atoms with Crippen molar-refractivity contribution in [2.45, 2.75) is 70.6 Å². The summed E-state index contributed by atoms with van der Waals surface area (Å²) in [4.78, 5) is 0. The minimum absolute atomic E-state index is 0.0995. The molecule has 7 heteroatoms. The molecule has 1 aliphatic carbocycles. The van der Waals surface area contributed by atoms with E-state index < -0.39 is 12.1 Å². The summed E-state index contributed by atoms with van der Waals surface area (Å²) in [6.07, 6.45) is -2.51. The quantitative estimate of drug-likeness (QED) is 0.912. The molecule has 0 aromatic carbocycles. The van der Waals surface area contributed by atoms with Crippen molar-refractivity contribution in [3.05, 3.63) is 11.6 Å². The predicted molar refractivity (Wildman–Crippen MR) is 73.7 cm³/mol. The van der Waals surface area contributed by atoms with Crippen molar-refractivity contribution in [3.63, 3.8) is 0 Å². The van der Waals surface area contributed by atoms with Crippen LogP contribution in [0, 0.1) is 5.92 Å². The molecule has 1 aromatic heterocycles. The van der Waals surface area contributed by atoms with Crippen molar-refractivity contribution in [1.82, 2.24) is 14.8 Å². The predicted octanol–water partition coefficient (Wildman–Crippen LogP) is 3.33. The molecule has 2 N–H and O–H groups in total. The van der Waals surface area contributed by atoms with Gasteiger partial charge < -0.3 is 10.3 Å². The number of alkyl halides is 3. The van der Waals surface area contributed by atoms with Crippen molar-refractivity contribution in [2.24, 2.45) is 11.7 Å². The summed E-state index contributed by atoms with van der Waals surface area (Å²) < 4.78 is 40.8. The summed E-state index contributed by atoms with van der Waals surface area (Å²) in [6.45, 7) is 6.20. The first-order valence-corrected chi connectivity index (χ1v) is 7.36. The van der Waals surface area contributed by atoms with Crippen LogP contribution in [0.4, 0.5) is 13.2 Å². The Labute approximate surface area is 122 Å². The molecule has 0 bridgehead atoms. The molecular weight excluding hydrogens is 281 g/mol. The Morgan fingerprint density at radius 3 is 2.38 bits per heavy atom.